The van der Waals surface area contributed by atoms with E-state index < -0.39 is 21.7 Å². The second kappa shape index (κ2) is 14.5. The zero-order valence-electron chi connectivity index (χ0n) is 22.5. The van der Waals surface area contributed by atoms with Gasteiger partial charge in [0.15, 0.2) is 0 Å². The zero-order valence-corrected chi connectivity index (χ0v) is 25.8. The van der Waals surface area contributed by atoms with Crippen LogP contribution in [0.4, 0.5) is 22.7 Å². The van der Waals surface area contributed by atoms with Gasteiger partial charge in [-0.2, -0.15) is 0 Å². The summed E-state index contributed by atoms with van der Waals surface area (Å²) in [6, 6.07) is 10.8. The summed E-state index contributed by atoms with van der Waals surface area (Å²) in [6.07, 6.45) is 0.676. The van der Waals surface area contributed by atoms with E-state index in [0.717, 1.165) is 23.5 Å². The van der Waals surface area contributed by atoms with Gasteiger partial charge in [-0.25, -0.2) is 0 Å². The van der Waals surface area contributed by atoms with Crippen LogP contribution in [-0.2, 0) is 19.2 Å². The highest BCUT2D eigenvalue weighted by atomic mass is 32.2. The topological polar surface area (TPSA) is 185 Å². The van der Waals surface area contributed by atoms with Crippen molar-refractivity contribution in [3.63, 3.8) is 0 Å². The van der Waals surface area contributed by atoms with E-state index in [0.29, 0.717) is 11.4 Å². The largest absolute Gasteiger partial charge is 0.326 e. The van der Waals surface area contributed by atoms with Crippen LogP contribution in [0.2, 0.25) is 0 Å². The summed E-state index contributed by atoms with van der Waals surface area (Å²) in [5.74, 6) is -1.60. The molecule has 4 rings (SSSR count). The highest BCUT2D eigenvalue weighted by Gasteiger charge is 2.41. The van der Waals surface area contributed by atoms with Crippen molar-refractivity contribution >= 4 is 103 Å². The first-order chi connectivity index (χ1) is 20.9. The van der Waals surface area contributed by atoms with Crippen LogP contribution in [0.15, 0.2) is 58.3 Å². The van der Waals surface area contributed by atoms with Gasteiger partial charge in [0.25, 0.3) is 23.2 Å². The first-order valence-corrected chi connectivity index (χ1v) is 15.3. The Balaban J connectivity index is 1.25. The number of nitrogens with one attached hydrogen (secondary N) is 2. The summed E-state index contributed by atoms with van der Waals surface area (Å²) in [6.45, 7) is 0.290. The van der Waals surface area contributed by atoms with Crippen LogP contribution >= 0.6 is 48.0 Å². The minimum Gasteiger partial charge on any atom is -0.326 e. The van der Waals surface area contributed by atoms with Gasteiger partial charge in [0, 0.05) is 61.6 Å². The van der Waals surface area contributed by atoms with E-state index in [4.69, 9.17) is 24.4 Å². The second-order valence-corrected chi connectivity index (χ2v) is 12.5. The number of benzene rings is 2. The van der Waals surface area contributed by atoms with Crippen LogP contribution in [0, 0.1) is 20.2 Å². The van der Waals surface area contributed by atoms with Crippen molar-refractivity contribution in [3.8, 4) is 0 Å². The SMILES string of the molecule is O=C(CCCN1C(=O)C(=C2SC(=S)N(CCCC(=O)Nc3ccc([N+](=O)[O-])cc3)C2=O)SC1=S)Nc1ccc([N+](=O)[O-])cc1. The standard InChI is InChI=1S/C26H22N6O8S4/c33-19(27-15-5-9-17(10-6-15)31(37)38)3-1-13-29-23(35)21(43-25(29)41)22-24(36)30(26(42)44-22)14-2-4-20(34)28-16-7-11-18(12-8-16)32(39)40/h5-12H,1-4,13-14H2,(H,27,33)(H,28,34). The Bertz CT molecular complexity index is 1480. The molecule has 18 heteroatoms. The quantitative estimate of drug-likeness (QED) is 0.138. The fourth-order valence-electron chi connectivity index (χ4n) is 4.03. The number of carbonyl (C=O) groups excluding carboxylic acids is 4. The number of nitro benzene ring substituents is 2. The molecule has 228 valence electrons. The number of hydrogen-bond donors (Lipinski definition) is 2. The third kappa shape index (κ3) is 8.01. The minimum atomic E-state index is -0.541. The first kappa shape index (κ1) is 32.6. The number of rotatable bonds is 12. The third-order valence-corrected chi connectivity index (χ3v) is 9.23. The predicted octanol–water partition coefficient (Wildman–Crippen LogP) is 4.57. The molecule has 0 bridgehead atoms. The van der Waals surface area contributed by atoms with Gasteiger partial charge in [-0.3, -0.25) is 49.2 Å². The second-order valence-electron chi connectivity index (χ2n) is 9.22. The molecule has 2 aliphatic rings. The molecule has 0 aliphatic carbocycles. The Morgan fingerprint density at radius 1 is 0.682 bits per heavy atom. The van der Waals surface area contributed by atoms with Crippen LogP contribution in [0.25, 0.3) is 0 Å². The van der Waals surface area contributed by atoms with Crippen molar-refractivity contribution in [3.05, 3.63) is 78.6 Å². The Labute approximate surface area is 268 Å². The van der Waals surface area contributed by atoms with Crippen molar-refractivity contribution < 1.29 is 29.0 Å². The molecule has 2 aromatic rings. The maximum Gasteiger partial charge on any atom is 0.269 e. The van der Waals surface area contributed by atoms with E-state index in [1.54, 1.807) is 0 Å². The molecule has 2 heterocycles. The Hall–Kier alpha value is -4.26. The molecule has 0 atom stereocenters. The number of nitro groups is 2. The smallest absolute Gasteiger partial charge is 0.269 e. The Kier molecular flexibility index (Phi) is 10.7. The predicted molar refractivity (Wildman–Crippen MR) is 173 cm³/mol. The average Bonchev–Trinajstić information content (AvgIpc) is 3.42. The summed E-state index contributed by atoms with van der Waals surface area (Å²) >= 11 is 12.7. The van der Waals surface area contributed by atoms with E-state index in [1.165, 1.54) is 58.3 Å². The molecule has 2 aliphatic heterocycles. The van der Waals surface area contributed by atoms with Gasteiger partial charge in [0.05, 0.1) is 19.7 Å². The number of thioether (sulfide) groups is 2. The van der Waals surface area contributed by atoms with Crippen LogP contribution < -0.4 is 10.6 Å². The summed E-state index contributed by atoms with van der Waals surface area (Å²) in [5, 5.41) is 26.8. The lowest BCUT2D eigenvalue weighted by Gasteiger charge is -2.14. The summed E-state index contributed by atoms with van der Waals surface area (Å²) in [5.41, 5.74) is 0.605. The van der Waals surface area contributed by atoms with Crippen LogP contribution in [0.5, 0.6) is 0 Å². The molecule has 0 radical (unpaired) electrons. The normalized spacial score (nSPS) is 16.5. The van der Waals surface area contributed by atoms with Gasteiger partial charge in [-0.05, 0) is 37.1 Å². The molecule has 2 fully saturated rings. The summed E-state index contributed by atoms with van der Waals surface area (Å²) in [4.78, 5) is 74.3. The molecule has 2 saturated heterocycles. The fraction of sp³-hybridized carbons (Fsp3) is 0.231. The van der Waals surface area contributed by atoms with Gasteiger partial charge in [0.2, 0.25) is 11.8 Å². The molecular formula is C26H22N6O8S4. The third-order valence-electron chi connectivity index (χ3n) is 6.20. The van der Waals surface area contributed by atoms with E-state index in [1.807, 2.05) is 0 Å². The van der Waals surface area contributed by atoms with Gasteiger partial charge >= 0.3 is 0 Å². The Morgan fingerprint density at radius 2 is 1.02 bits per heavy atom. The maximum absolute atomic E-state index is 13.1. The number of carbonyl (C=O) groups is 4. The van der Waals surface area contributed by atoms with Crippen molar-refractivity contribution in [2.75, 3.05) is 23.7 Å². The number of amides is 4. The molecule has 0 unspecified atom stereocenters. The highest BCUT2D eigenvalue weighted by molar-refractivity contribution is 8.29. The van der Waals surface area contributed by atoms with Gasteiger partial charge in [-0.1, -0.05) is 48.0 Å². The van der Waals surface area contributed by atoms with Crippen molar-refractivity contribution in [2.45, 2.75) is 25.7 Å². The number of non-ortho nitro benzene ring substituents is 2. The average molecular weight is 675 g/mol. The monoisotopic (exact) mass is 674 g/mol. The number of hydrogen-bond acceptors (Lipinski definition) is 12. The molecule has 14 nitrogen and oxygen atoms in total. The minimum absolute atomic E-state index is 0.0588. The molecule has 0 aromatic heterocycles. The molecule has 2 aromatic carbocycles. The lowest BCUT2D eigenvalue weighted by atomic mass is 10.2. The summed E-state index contributed by atoms with van der Waals surface area (Å²) in [7, 11) is 0. The molecule has 0 saturated carbocycles. The maximum atomic E-state index is 13.1. The van der Waals surface area contributed by atoms with Gasteiger partial charge < -0.3 is 10.6 Å². The molecular weight excluding hydrogens is 653 g/mol. The molecule has 4 amide bonds. The molecule has 44 heavy (non-hydrogen) atoms. The van der Waals surface area contributed by atoms with Gasteiger partial charge in [0.1, 0.15) is 8.64 Å². The fourth-order valence-corrected chi connectivity index (χ4v) is 6.80. The number of anilines is 2. The van der Waals surface area contributed by atoms with E-state index in [9.17, 15) is 39.4 Å². The van der Waals surface area contributed by atoms with Gasteiger partial charge in [-0.15, -0.1) is 0 Å². The molecule has 0 spiro atoms. The molecule has 2 N–H and O–H groups in total. The van der Waals surface area contributed by atoms with Crippen LogP contribution in [0.1, 0.15) is 25.7 Å². The lowest BCUT2D eigenvalue weighted by molar-refractivity contribution is -0.385. The van der Waals surface area contributed by atoms with Crippen molar-refractivity contribution in [1.82, 2.24) is 9.80 Å². The van der Waals surface area contributed by atoms with Crippen molar-refractivity contribution in [2.24, 2.45) is 0 Å². The van der Waals surface area contributed by atoms with E-state index in [2.05, 4.69) is 10.6 Å². The number of nitrogens with zero attached hydrogens (tertiary/aromatic N) is 4. The highest BCUT2D eigenvalue weighted by Crippen LogP contribution is 2.42. The van der Waals surface area contributed by atoms with Crippen LogP contribution in [0.3, 0.4) is 0 Å². The van der Waals surface area contributed by atoms with E-state index >= 15 is 0 Å². The number of thiocarbonyl (C=S) groups is 2. The Morgan fingerprint density at radius 3 is 1.34 bits per heavy atom. The van der Waals surface area contributed by atoms with Crippen molar-refractivity contribution in [1.29, 1.82) is 0 Å². The zero-order chi connectivity index (χ0) is 32.0. The van der Waals surface area contributed by atoms with E-state index in [-0.39, 0.29) is 80.4 Å². The lowest BCUT2D eigenvalue weighted by Crippen LogP contribution is -2.31. The summed E-state index contributed by atoms with van der Waals surface area (Å²) < 4.78 is 0.489. The first-order valence-electron chi connectivity index (χ1n) is 12.8. The van der Waals surface area contributed by atoms with Crippen LogP contribution in [-0.4, -0.2) is 65.0 Å².